The molecule has 0 saturated heterocycles. The molecule has 1 amide bonds. The Morgan fingerprint density at radius 3 is 2.76 bits per heavy atom. The summed E-state index contributed by atoms with van der Waals surface area (Å²) < 4.78 is 5.12. The molecule has 1 aromatic rings. The van der Waals surface area contributed by atoms with Crippen molar-refractivity contribution >= 4 is 11.9 Å². The molecule has 5 heteroatoms. The number of carboxylic acid groups (broad SMARTS) is 1. The van der Waals surface area contributed by atoms with Gasteiger partial charge in [0.25, 0.3) is 0 Å². The van der Waals surface area contributed by atoms with E-state index in [1.807, 2.05) is 6.07 Å². The lowest BCUT2D eigenvalue weighted by Gasteiger charge is -2.23. The molecule has 1 N–H and O–H groups in total. The molecule has 0 aliphatic carbocycles. The fraction of sp³-hybridized carbons (Fsp3) is 0.500. The molecular weight excluding hydrogens is 222 g/mol. The number of nitrogens with zero attached hydrogens (tertiary/aromatic N) is 1. The molecule has 0 bridgehead atoms. The highest BCUT2D eigenvalue weighted by molar-refractivity contribution is 5.77. The third-order valence-corrected chi connectivity index (χ3v) is 2.69. The Morgan fingerprint density at radius 2 is 2.24 bits per heavy atom. The monoisotopic (exact) mass is 239 g/mol. The van der Waals surface area contributed by atoms with Crippen molar-refractivity contribution in [2.45, 2.75) is 32.2 Å². The van der Waals surface area contributed by atoms with E-state index in [0.29, 0.717) is 12.8 Å². The number of carbonyl (C=O) groups is 2. The predicted molar refractivity (Wildman–Crippen MR) is 61.5 cm³/mol. The summed E-state index contributed by atoms with van der Waals surface area (Å²) in [6, 6.07) is 3.29. The smallest absolute Gasteiger partial charge is 0.305 e. The Labute approximate surface area is 100 Å². The number of amides is 1. The summed E-state index contributed by atoms with van der Waals surface area (Å²) in [6.45, 7) is 1.72. The second-order valence-corrected chi connectivity index (χ2v) is 4.03. The van der Waals surface area contributed by atoms with Crippen molar-refractivity contribution < 1.29 is 19.1 Å². The number of carboxylic acids is 1. The first-order valence-corrected chi connectivity index (χ1v) is 5.50. The minimum Gasteiger partial charge on any atom is -0.481 e. The summed E-state index contributed by atoms with van der Waals surface area (Å²) in [5.41, 5.74) is 0. The van der Waals surface area contributed by atoms with Crippen LogP contribution in [0.1, 0.15) is 25.5 Å². The maximum Gasteiger partial charge on any atom is 0.305 e. The fourth-order valence-corrected chi connectivity index (χ4v) is 1.50. The first-order chi connectivity index (χ1) is 8.00. The van der Waals surface area contributed by atoms with Crippen molar-refractivity contribution in [2.75, 3.05) is 7.05 Å². The second kappa shape index (κ2) is 6.08. The van der Waals surface area contributed by atoms with E-state index in [9.17, 15) is 9.59 Å². The van der Waals surface area contributed by atoms with Crippen molar-refractivity contribution in [3.63, 3.8) is 0 Å². The lowest BCUT2D eigenvalue weighted by atomic mass is 10.2. The number of furan rings is 1. The van der Waals surface area contributed by atoms with Crippen LogP contribution in [-0.2, 0) is 16.0 Å². The third kappa shape index (κ3) is 4.30. The van der Waals surface area contributed by atoms with Crippen LogP contribution in [0.15, 0.2) is 22.8 Å². The highest BCUT2D eigenvalue weighted by atomic mass is 16.4. The first-order valence-electron chi connectivity index (χ1n) is 5.50. The number of aliphatic carboxylic acids is 1. The Hall–Kier alpha value is -1.78. The Bertz CT molecular complexity index is 372. The molecule has 1 aromatic heterocycles. The maximum absolute atomic E-state index is 11.8. The van der Waals surface area contributed by atoms with Gasteiger partial charge in [0.1, 0.15) is 5.76 Å². The highest BCUT2D eigenvalue weighted by Gasteiger charge is 2.18. The van der Waals surface area contributed by atoms with Gasteiger partial charge >= 0.3 is 5.97 Å². The first kappa shape index (κ1) is 13.3. The molecule has 0 fully saturated rings. The van der Waals surface area contributed by atoms with Crippen LogP contribution in [0.3, 0.4) is 0 Å². The van der Waals surface area contributed by atoms with Gasteiger partial charge in [-0.15, -0.1) is 0 Å². The molecule has 1 rings (SSSR count). The zero-order chi connectivity index (χ0) is 12.8. The van der Waals surface area contributed by atoms with Crippen LogP contribution in [0.5, 0.6) is 0 Å². The van der Waals surface area contributed by atoms with Gasteiger partial charge in [-0.25, -0.2) is 0 Å². The van der Waals surface area contributed by atoms with Crippen LogP contribution in [0.2, 0.25) is 0 Å². The molecule has 0 aliphatic rings. The molecule has 0 aromatic carbocycles. The minimum atomic E-state index is -0.900. The van der Waals surface area contributed by atoms with Gasteiger partial charge in [0.15, 0.2) is 0 Å². The molecule has 0 radical (unpaired) electrons. The van der Waals surface area contributed by atoms with E-state index < -0.39 is 5.97 Å². The molecule has 94 valence electrons. The molecule has 1 unspecified atom stereocenters. The zero-order valence-corrected chi connectivity index (χ0v) is 10.0. The number of carbonyl (C=O) groups excluding carboxylic acids is 1. The predicted octanol–water partition coefficient (Wildman–Crippen LogP) is 1.53. The van der Waals surface area contributed by atoms with Crippen molar-refractivity contribution in [1.29, 1.82) is 0 Å². The lowest BCUT2D eigenvalue weighted by Crippen LogP contribution is -2.36. The molecule has 0 aliphatic heterocycles. The number of rotatable bonds is 6. The molecule has 0 spiro atoms. The van der Waals surface area contributed by atoms with Crippen molar-refractivity contribution in [1.82, 2.24) is 4.90 Å². The molecule has 1 atom stereocenters. The molecule has 1 heterocycles. The Morgan fingerprint density at radius 1 is 1.53 bits per heavy atom. The summed E-state index contributed by atoms with van der Waals surface area (Å²) in [5, 5.41) is 8.64. The summed E-state index contributed by atoms with van der Waals surface area (Å²) >= 11 is 0. The highest BCUT2D eigenvalue weighted by Crippen LogP contribution is 2.08. The van der Waals surface area contributed by atoms with E-state index in [2.05, 4.69) is 0 Å². The summed E-state index contributed by atoms with van der Waals surface area (Å²) in [7, 11) is 1.62. The fourth-order valence-electron chi connectivity index (χ4n) is 1.50. The molecule has 5 nitrogen and oxygen atoms in total. The van der Waals surface area contributed by atoms with Gasteiger partial charge in [0.05, 0.1) is 12.7 Å². The molecule has 17 heavy (non-hydrogen) atoms. The van der Waals surface area contributed by atoms with E-state index >= 15 is 0 Å². The quantitative estimate of drug-likeness (QED) is 0.817. The van der Waals surface area contributed by atoms with Crippen molar-refractivity contribution in [3.05, 3.63) is 24.2 Å². The third-order valence-electron chi connectivity index (χ3n) is 2.69. The van der Waals surface area contributed by atoms with Gasteiger partial charge in [0.2, 0.25) is 5.91 Å². The van der Waals surface area contributed by atoms with Gasteiger partial charge in [-0.2, -0.15) is 0 Å². The van der Waals surface area contributed by atoms with Gasteiger partial charge in [-0.05, 0) is 19.1 Å². The number of hydrogen-bond acceptors (Lipinski definition) is 3. The Kier molecular flexibility index (Phi) is 4.75. The van der Waals surface area contributed by atoms with Gasteiger partial charge in [-0.1, -0.05) is 0 Å². The maximum atomic E-state index is 11.8. The molecular formula is C12H17NO4. The van der Waals surface area contributed by atoms with E-state index in [4.69, 9.17) is 9.52 Å². The van der Waals surface area contributed by atoms with E-state index in [1.165, 1.54) is 4.90 Å². The summed E-state index contributed by atoms with van der Waals surface area (Å²) in [4.78, 5) is 23.8. The van der Waals surface area contributed by atoms with E-state index in [0.717, 1.165) is 5.76 Å². The minimum absolute atomic E-state index is 0.0387. The van der Waals surface area contributed by atoms with Crippen LogP contribution in [0.4, 0.5) is 0 Å². The van der Waals surface area contributed by atoms with Gasteiger partial charge < -0.3 is 14.4 Å². The van der Waals surface area contributed by atoms with Crippen LogP contribution in [0, 0.1) is 0 Å². The summed E-state index contributed by atoms with van der Waals surface area (Å²) in [5.74, 6) is -0.212. The number of hydrogen-bond donors (Lipinski definition) is 1. The second-order valence-electron chi connectivity index (χ2n) is 4.03. The van der Waals surface area contributed by atoms with Crippen molar-refractivity contribution in [2.24, 2.45) is 0 Å². The van der Waals surface area contributed by atoms with Crippen molar-refractivity contribution in [3.8, 4) is 0 Å². The van der Waals surface area contributed by atoms with Crippen LogP contribution in [0.25, 0.3) is 0 Å². The van der Waals surface area contributed by atoms with Crippen LogP contribution >= 0.6 is 0 Å². The van der Waals surface area contributed by atoms with Gasteiger partial charge in [-0.3, -0.25) is 9.59 Å². The van der Waals surface area contributed by atoms with Gasteiger partial charge in [0, 0.05) is 25.9 Å². The average molecular weight is 239 g/mol. The van der Waals surface area contributed by atoms with E-state index in [1.54, 1.807) is 26.3 Å². The summed E-state index contributed by atoms with van der Waals surface area (Å²) in [6.07, 6.45) is 2.39. The van der Waals surface area contributed by atoms with Crippen LogP contribution < -0.4 is 0 Å². The van der Waals surface area contributed by atoms with Crippen LogP contribution in [-0.4, -0.2) is 35.0 Å². The largest absolute Gasteiger partial charge is 0.481 e. The normalized spacial score (nSPS) is 12.1. The average Bonchev–Trinajstić information content (AvgIpc) is 2.76. The zero-order valence-electron chi connectivity index (χ0n) is 10.0. The standard InChI is InChI=1S/C12H17NO4/c1-9(8-12(15)16)13(2)11(14)6-5-10-4-3-7-17-10/h3-4,7,9H,5-6,8H2,1-2H3,(H,15,16). The topological polar surface area (TPSA) is 70.8 Å². The number of aryl methyl sites for hydroxylation is 1. The molecule has 0 saturated carbocycles. The lowest BCUT2D eigenvalue weighted by molar-refractivity contribution is -0.139. The van der Waals surface area contributed by atoms with E-state index in [-0.39, 0.29) is 18.4 Å². The Balaban J connectivity index is 2.38. The SMILES string of the molecule is CC(CC(=O)O)N(C)C(=O)CCc1ccco1.